The Morgan fingerprint density at radius 3 is 2.65 bits per heavy atom. The van der Waals surface area contributed by atoms with Crippen molar-refractivity contribution in [2.45, 2.75) is 12.8 Å². The standard InChI is InChI=1S/C15H13ClO/c16-15-13(8-4-2-1-3-5-8)12-9-6-10(14(12)15)11(17)7-9/h1-5,9-10,12,14H,6-7H2/t9-,10+,12+,14+/m1/s1. The lowest BCUT2D eigenvalue weighted by Crippen LogP contribution is -2.36. The van der Waals surface area contributed by atoms with E-state index in [1.807, 2.05) is 6.07 Å². The molecule has 2 bridgehead atoms. The fraction of sp³-hybridized carbons (Fsp3) is 0.400. The Morgan fingerprint density at radius 2 is 1.88 bits per heavy atom. The molecule has 3 aliphatic rings. The summed E-state index contributed by atoms with van der Waals surface area (Å²) in [6, 6.07) is 10.4. The van der Waals surface area contributed by atoms with Crippen LogP contribution in [0.1, 0.15) is 18.4 Å². The fourth-order valence-corrected chi connectivity index (χ4v) is 4.58. The van der Waals surface area contributed by atoms with E-state index in [9.17, 15) is 4.79 Å². The van der Waals surface area contributed by atoms with Crippen molar-refractivity contribution in [2.75, 3.05) is 0 Å². The number of rotatable bonds is 1. The number of allylic oxidation sites excluding steroid dienone is 2. The number of benzene rings is 1. The third-order valence-electron chi connectivity index (χ3n) is 4.73. The number of ketones is 1. The van der Waals surface area contributed by atoms with Crippen molar-refractivity contribution >= 4 is 23.0 Å². The molecule has 2 fully saturated rings. The highest BCUT2D eigenvalue weighted by Crippen LogP contribution is 2.65. The van der Waals surface area contributed by atoms with E-state index in [1.54, 1.807) is 0 Å². The number of hydrogen-bond acceptors (Lipinski definition) is 1. The van der Waals surface area contributed by atoms with E-state index < -0.39 is 0 Å². The van der Waals surface area contributed by atoms with Gasteiger partial charge in [0.15, 0.2) is 0 Å². The highest BCUT2D eigenvalue weighted by Gasteiger charge is 2.60. The molecule has 1 nitrogen and oxygen atoms in total. The van der Waals surface area contributed by atoms with Gasteiger partial charge in [0.2, 0.25) is 0 Å². The minimum atomic E-state index is 0.241. The van der Waals surface area contributed by atoms with Gasteiger partial charge in [-0.2, -0.15) is 0 Å². The molecule has 0 radical (unpaired) electrons. The van der Waals surface area contributed by atoms with Gasteiger partial charge < -0.3 is 0 Å². The smallest absolute Gasteiger partial charge is 0.136 e. The number of Topliss-reactive ketones (excluding diaryl/α,β-unsaturated/α-hetero) is 1. The predicted octanol–water partition coefficient (Wildman–Crippen LogP) is 3.49. The largest absolute Gasteiger partial charge is 0.299 e. The number of carbonyl (C=O) groups is 1. The van der Waals surface area contributed by atoms with E-state index in [-0.39, 0.29) is 5.92 Å². The second-order valence-electron chi connectivity index (χ2n) is 5.45. The summed E-state index contributed by atoms with van der Waals surface area (Å²) in [5.74, 6) is 2.17. The Balaban J connectivity index is 1.78. The van der Waals surface area contributed by atoms with E-state index in [2.05, 4.69) is 24.3 Å². The topological polar surface area (TPSA) is 17.1 Å². The summed E-state index contributed by atoms with van der Waals surface area (Å²) in [4.78, 5) is 11.7. The van der Waals surface area contributed by atoms with Crippen LogP contribution < -0.4 is 0 Å². The second kappa shape index (κ2) is 3.23. The fourth-order valence-electron chi connectivity index (χ4n) is 4.05. The maximum atomic E-state index is 11.7. The lowest BCUT2D eigenvalue weighted by molar-refractivity contribution is -0.123. The van der Waals surface area contributed by atoms with Gasteiger partial charge in [-0.25, -0.2) is 0 Å². The van der Waals surface area contributed by atoms with Gasteiger partial charge in [-0.3, -0.25) is 4.79 Å². The Labute approximate surface area is 105 Å². The van der Waals surface area contributed by atoms with Gasteiger partial charge in [0, 0.05) is 23.3 Å². The van der Waals surface area contributed by atoms with Gasteiger partial charge in [-0.05, 0) is 29.4 Å². The van der Waals surface area contributed by atoms with Crippen LogP contribution in [-0.4, -0.2) is 5.78 Å². The van der Waals surface area contributed by atoms with Gasteiger partial charge >= 0.3 is 0 Å². The van der Waals surface area contributed by atoms with E-state index in [1.165, 1.54) is 11.1 Å². The van der Waals surface area contributed by atoms with Gasteiger partial charge in [0.1, 0.15) is 5.78 Å². The molecule has 2 saturated carbocycles. The summed E-state index contributed by atoms with van der Waals surface area (Å²) in [6.07, 6.45) is 1.85. The molecule has 17 heavy (non-hydrogen) atoms. The quantitative estimate of drug-likeness (QED) is 0.739. The summed E-state index contributed by atoms with van der Waals surface area (Å²) >= 11 is 6.44. The van der Waals surface area contributed by atoms with E-state index >= 15 is 0 Å². The first-order valence-electron chi connectivity index (χ1n) is 6.25. The maximum Gasteiger partial charge on any atom is 0.136 e. The Hall–Kier alpha value is -1.08. The molecule has 0 amide bonds. The molecular formula is C15H13ClO. The zero-order valence-electron chi connectivity index (χ0n) is 9.40. The lowest BCUT2D eigenvalue weighted by Gasteiger charge is -2.42. The molecule has 3 aliphatic carbocycles. The minimum absolute atomic E-state index is 0.241. The van der Waals surface area contributed by atoms with Crippen LogP contribution in [0.25, 0.3) is 5.57 Å². The van der Waals surface area contributed by atoms with Crippen LogP contribution in [0.2, 0.25) is 0 Å². The molecule has 4 atom stereocenters. The normalized spacial score (nSPS) is 38.3. The van der Waals surface area contributed by atoms with E-state index in [0.29, 0.717) is 23.5 Å². The van der Waals surface area contributed by atoms with Gasteiger partial charge in [0.25, 0.3) is 0 Å². The zero-order chi connectivity index (χ0) is 11.6. The van der Waals surface area contributed by atoms with Crippen molar-refractivity contribution in [3.8, 4) is 0 Å². The monoisotopic (exact) mass is 244 g/mol. The van der Waals surface area contributed by atoms with Crippen molar-refractivity contribution in [3.63, 3.8) is 0 Å². The van der Waals surface area contributed by atoms with Crippen molar-refractivity contribution in [1.82, 2.24) is 0 Å². The van der Waals surface area contributed by atoms with Crippen LogP contribution in [0.4, 0.5) is 0 Å². The van der Waals surface area contributed by atoms with Crippen LogP contribution in [-0.2, 0) is 4.79 Å². The summed E-state index contributed by atoms with van der Waals surface area (Å²) in [5.41, 5.74) is 2.57. The Bertz CT molecular complexity index is 531. The Kier molecular flexibility index (Phi) is 1.88. The number of fused-ring (bicyclic) bond motifs is 5. The first-order chi connectivity index (χ1) is 8.27. The molecule has 2 heteroatoms. The van der Waals surface area contributed by atoms with E-state index in [4.69, 9.17) is 11.6 Å². The second-order valence-corrected chi connectivity index (χ2v) is 5.86. The molecule has 1 aromatic carbocycles. The van der Waals surface area contributed by atoms with Crippen molar-refractivity contribution < 1.29 is 4.79 Å². The highest BCUT2D eigenvalue weighted by molar-refractivity contribution is 6.35. The molecule has 0 aromatic heterocycles. The van der Waals surface area contributed by atoms with Crippen LogP contribution >= 0.6 is 11.6 Å². The average molecular weight is 245 g/mol. The van der Waals surface area contributed by atoms with Crippen molar-refractivity contribution in [3.05, 3.63) is 40.9 Å². The Morgan fingerprint density at radius 1 is 1.12 bits per heavy atom. The molecule has 0 unspecified atom stereocenters. The number of carbonyl (C=O) groups excluding carboxylic acids is 1. The summed E-state index contributed by atoms with van der Waals surface area (Å²) in [6.45, 7) is 0. The molecule has 0 saturated heterocycles. The van der Waals surface area contributed by atoms with E-state index in [0.717, 1.165) is 17.9 Å². The van der Waals surface area contributed by atoms with Crippen LogP contribution in [0.5, 0.6) is 0 Å². The summed E-state index contributed by atoms with van der Waals surface area (Å²) < 4.78 is 0. The predicted molar refractivity (Wildman–Crippen MR) is 67.4 cm³/mol. The first kappa shape index (κ1) is 9.90. The molecule has 0 aliphatic heterocycles. The summed E-state index contributed by atoms with van der Waals surface area (Å²) in [5, 5.41) is 0.960. The van der Waals surface area contributed by atoms with Crippen LogP contribution in [0.15, 0.2) is 35.4 Å². The van der Waals surface area contributed by atoms with Crippen LogP contribution in [0, 0.1) is 23.7 Å². The third-order valence-corrected chi connectivity index (χ3v) is 5.19. The van der Waals surface area contributed by atoms with Gasteiger partial charge in [0.05, 0.1) is 0 Å². The van der Waals surface area contributed by atoms with Crippen LogP contribution in [0.3, 0.4) is 0 Å². The molecule has 1 aromatic rings. The highest BCUT2D eigenvalue weighted by atomic mass is 35.5. The molecule has 86 valence electrons. The summed E-state index contributed by atoms with van der Waals surface area (Å²) in [7, 11) is 0. The number of halogens is 1. The van der Waals surface area contributed by atoms with Gasteiger partial charge in [-0.1, -0.05) is 41.9 Å². The molecule has 0 spiro atoms. The van der Waals surface area contributed by atoms with Gasteiger partial charge in [-0.15, -0.1) is 0 Å². The molecule has 4 rings (SSSR count). The third kappa shape index (κ3) is 1.13. The lowest BCUT2D eigenvalue weighted by atomic mass is 9.64. The van der Waals surface area contributed by atoms with Crippen molar-refractivity contribution in [1.29, 1.82) is 0 Å². The first-order valence-corrected chi connectivity index (χ1v) is 6.63. The molecule has 0 N–H and O–H groups in total. The zero-order valence-corrected chi connectivity index (χ0v) is 10.2. The molecular weight excluding hydrogens is 232 g/mol. The minimum Gasteiger partial charge on any atom is -0.299 e. The molecule has 0 heterocycles. The number of hydrogen-bond donors (Lipinski definition) is 0. The average Bonchev–Trinajstić information content (AvgIpc) is 2.83. The van der Waals surface area contributed by atoms with Crippen molar-refractivity contribution in [2.24, 2.45) is 23.7 Å². The maximum absolute atomic E-state index is 11.7. The SMILES string of the molecule is O=C1C[C@H]2C[C@@H]1[C@@H]1C(Cl)=C(c3ccccc3)[C@H]21.